The van der Waals surface area contributed by atoms with Crippen LogP contribution in [-0.4, -0.2) is 28.6 Å². The zero-order chi connectivity index (χ0) is 13.0. The predicted molar refractivity (Wildman–Crippen MR) is 61.8 cm³/mol. The Balaban J connectivity index is 2.88. The molecule has 0 aliphatic carbocycles. The molecular formula is C11H14N2O4. The fraction of sp³-hybridized carbons (Fsp3) is 0.364. The van der Waals surface area contributed by atoms with E-state index in [-0.39, 0.29) is 17.8 Å². The molecule has 0 radical (unpaired) electrons. The molecule has 0 aliphatic rings. The van der Waals surface area contributed by atoms with Crippen LogP contribution in [0.25, 0.3) is 0 Å². The number of nitrogens with one attached hydrogen (secondary N) is 1. The lowest BCUT2D eigenvalue weighted by molar-refractivity contribution is -0.385. The topological polar surface area (TPSA) is 92.5 Å². The van der Waals surface area contributed by atoms with Crippen LogP contribution >= 0.6 is 0 Å². The molecule has 1 aromatic carbocycles. The molecule has 0 spiro atoms. The van der Waals surface area contributed by atoms with E-state index in [1.165, 1.54) is 25.1 Å². The normalized spacial score (nSPS) is 11.9. The standard InChI is InChI=1S/C11H14N2O4/c1-7-3-4-9(5-10(7)13(16)17)11(15)12-6-8(2)14/h3-5,8,14H,6H2,1-2H3,(H,12,15)/t8-/m1/s1. The Morgan fingerprint density at radius 2 is 2.24 bits per heavy atom. The monoisotopic (exact) mass is 238 g/mol. The molecule has 1 rings (SSSR count). The first-order chi connectivity index (χ1) is 7.91. The van der Waals surface area contributed by atoms with Gasteiger partial charge in [0, 0.05) is 23.7 Å². The molecule has 1 aromatic rings. The highest BCUT2D eigenvalue weighted by molar-refractivity contribution is 5.94. The number of nitro benzene ring substituents is 1. The van der Waals surface area contributed by atoms with E-state index in [2.05, 4.69) is 5.32 Å². The van der Waals surface area contributed by atoms with Crippen molar-refractivity contribution in [3.63, 3.8) is 0 Å². The van der Waals surface area contributed by atoms with Crippen molar-refractivity contribution in [1.82, 2.24) is 5.32 Å². The van der Waals surface area contributed by atoms with Gasteiger partial charge in [0.05, 0.1) is 11.0 Å². The first-order valence-corrected chi connectivity index (χ1v) is 5.13. The average Bonchev–Trinajstić information content (AvgIpc) is 2.26. The van der Waals surface area contributed by atoms with E-state index >= 15 is 0 Å². The Hall–Kier alpha value is -1.95. The number of aryl methyl sites for hydroxylation is 1. The Bertz CT molecular complexity index is 443. The fourth-order valence-electron chi connectivity index (χ4n) is 1.29. The second-order valence-electron chi connectivity index (χ2n) is 3.82. The first kappa shape index (κ1) is 13.1. The maximum absolute atomic E-state index is 11.6. The van der Waals surface area contributed by atoms with E-state index in [9.17, 15) is 14.9 Å². The van der Waals surface area contributed by atoms with Crippen LogP contribution in [0.4, 0.5) is 5.69 Å². The minimum atomic E-state index is -0.653. The van der Waals surface area contributed by atoms with Gasteiger partial charge >= 0.3 is 0 Å². The molecule has 0 saturated heterocycles. The van der Waals surface area contributed by atoms with Crippen LogP contribution in [0, 0.1) is 17.0 Å². The SMILES string of the molecule is Cc1ccc(C(=O)NC[C@@H](C)O)cc1[N+](=O)[O-]. The molecule has 0 heterocycles. The van der Waals surface area contributed by atoms with Gasteiger partial charge in [0.1, 0.15) is 0 Å². The van der Waals surface area contributed by atoms with Gasteiger partial charge < -0.3 is 10.4 Å². The summed E-state index contributed by atoms with van der Waals surface area (Å²) in [6.07, 6.45) is -0.653. The zero-order valence-electron chi connectivity index (χ0n) is 9.64. The average molecular weight is 238 g/mol. The van der Waals surface area contributed by atoms with E-state index < -0.39 is 16.9 Å². The van der Waals surface area contributed by atoms with Crippen LogP contribution in [0.1, 0.15) is 22.8 Å². The fourth-order valence-corrected chi connectivity index (χ4v) is 1.29. The smallest absolute Gasteiger partial charge is 0.273 e. The van der Waals surface area contributed by atoms with E-state index in [1.807, 2.05) is 0 Å². The Morgan fingerprint density at radius 3 is 2.76 bits per heavy atom. The van der Waals surface area contributed by atoms with Gasteiger partial charge in [-0.05, 0) is 19.9 Å². The van der Waals surface area contributed by atoms with Crippen molar-refractivity contribution in [1.29, 1.82) is 0 Å². The summed E-state index contributed by atoms with van der Waals surface area (Å²) >= 11 is 0. The minimum absolute atomic E-state index is 0.0882. The number of hydrogen-bond donors (Lipinski definition) is 2. The van der Waals surface area contributed by atoms with Gasteiger partial charge in [-0.2, -0.15) is 0 Å². The number of aliphatic hydroxyl groups is 1. The third kappa shape index (κ3) is 3.53. The molecule has 0 bridgehead atoms. The molecule has 1 amide bonds. The van der Waals surface area contributed by atoms with Gasteiger partial charge in [0.15, 0.2) is 0 Å². The molecule has 1 atom stereocenters. The highest BCUT2D eigenvalue weighted by Gasteiger charge is 2.14. The van der Waals surface area contributed by atoms with Gasteiger partial charge in [-0.1, -0.05) is 6.07 Å². The molecule has 6 heteroatoms. The van der Waals surface area contributed by atoms with Crippen LogP contribution < -0.4 is 5.32 Å². The summed E-state index contributed by atoms with van der Waals surface area (Å²) in [5, 5.41) is 22.2. The summed E-state index contributed by atoms with van der Waals surface area (Å²) < 4.78 is 0. The molecular weight excluding hydrogens is 224 g/mol. The maximum Gasteiger partial charge on any atom is 0.273 e. The first-order valence-electron chi connectivity index (χ1n) is 5.13. The van der Waals surface area contributed by atoms with E-state index in [0.29, 0.717) is 5.56 Å². The molecule has 0 saturated carbocycles. The van der Waals surface area contributed by atoms with Crippen LogP contribution in [-0.2, 0) is 0 Å². The Kier molecular flexibility index (Phi) is 4.17. The number of hydrogen-bond acceptors (Lipinski definition) is 4. The van der Waals surface area contributed by atoms with E-state index in [1.54, 1.807) is 6.92 Å². The van der Waals surface area contributed by atoms with Gasteiger partial charge in [0.2, 0.25) is 0 Å². The van der Waals surface area contributed by atoms with Gasteiger partial charge in [-0.3, -0.25) is 14.9 Å². The maximum atomic E-state index is 11.6. The number of benzene rings is 1. The van der Waals surface area contributed by atoms with Gasteiger partial charge in [0.25, 0.3) is 11.6 Å². The Morgan fingerprint density at radius 1 is 1.59 bits per heavy atom. The highest BCUT2D eigenvalue weighted by Crippen LogP contribution is 2.19. The Labute approximate surface area is 98.4 Å². The number of aliphatic hydroxyl groups excluding tert-OH is 1. The van der Waals surface area contributed by atoms with Crippen molar-refractivity contribution in [3.8, 4) is 0 Å². The number of nitro groups is 1. The molecule has 0 unspecified atom stereocenters. The molecule has 17 heavy (non-hydrogen) atoms. The van der Waals surface area contributed by atoms with Crippen molar-refractivity contribution >= 4 is 11.6 Å². The lowest BCUT2D eigenvalue weighted by atomic mass is 10.1. The highest BCUT2D eigenvalue weighted by atomic mass is 16.6. The van der Waals surface area contributed by atoms with Crippen LogP contribution in [0.15, 0.2) is 18.2 Å². The lowest BCUT2D eigenvalue weighted by Gasteiger charge is -2.07. The van der Waals surface area contributed by atoms with Crippen LogP contribution in [0.2, 0.25) is 0 Å². The largest absolute Gasteiger partial charge is 0.392 e. The third-order valence-corrected chi connectivity index (χ3v) is 2.23. The number of rotatable bonds is 4. The summed E-state index contributed by atoms with van der Waals surface area (Å²) in [7, 11) is 0. The molecule has 2 N–H and O–H groups in total. The number of carbonyl (C=O) groups excluding carboxylic acids is 1. The summed E-state index contributed by atoms with van der Waals surface area (Å²) in [5.41, 5.74) is 0.625. The number of amides is 1. The molecule has 6 nitrogen and oxygen atoms in total. The quantitative estimate of drug-likeness (QED) is 0.605. The molecule has 92 valence electrons. The third-order valence-electron chi connectivity index (χ3n) is 2.23. The lowest BCUT2D eigenvalue weighted by Crippen LogP contribution is -2.30. The zero-order valence-corrected chi connectivity index (χ0v) is 9.64. The predicted octanol–water partition coefficient (Wildman–Crippen LogP) is 1.01. The summed E-state index contributed by atoms with van der Waals surface area (Å²) in [4.78, 5) is 21.8. The second-order valence-corrected chi connectivity index (χ2v) is 3.82. The van der Waals surface area contributed by atoms with Crippen LogP contribution in [0.3, 0.4) is 0 Å². The summed E-state index contributed by atoms with van der Waals surface area (Å²) in [5.74, 6) is -0.436. The van der Waals surface area contributed by atoms with E-state index in [4.69, 9.17) is 5.11 Å². The van der Waals surface area contributed by atoms with Gasteiger partial charge in [-0.25, -0.2) is 0 Å². The van der Waals surface area contributed by atoms with Crippen molar-refractivity contribution in [3.05, 3.63) is 39.4 Å². The van der Waals surface area contributed by atoms with Crippen LogP contribution in [0.5, 0.6) is 0 Å². The van der Waals surface area contributed by atoms with E-state index in [0.717, 1.165) is 0 Å². The molecule has 0 aliphatic heterocycles. The van der Waals surface area contributed by atoms with Crippen molar-refractivity contribution in [2.24, 2.45) is 0 Å². The number of carbonyl (C=O) groups is 1. The summed E-state index contributed by atoms with van der Waals surface area (Å²) in [6.45, 7) is 3.26. The molecule has 0 aromatic heterocycles. The van der Waals surface area contributed by atoms with Crippen molar-refractivity contribution < 1.29 is 14.8 Å². The van der Waals surface area contributed by atoms with Crippen molar-refractivity contribution in [2.75, 3.05) is 6.54 Å². The minimum Gasteiger partial charge on any atom is -0.392 e. The van der Waals surface area contributed by atoms with Crippen molar-refractivity contribution in [2.45, 2.75) is 20.0 Å². The second kappa shape index (κ2) is 5.40. The number of nitrogens with zero attached hydrogens (tertiary/aromatic N) is 1. The summed E-state index contributed by atoms with van der Waals surface area (Å²) in [6, 6.07) is 4.27. The molecule has 0 fully saturated rings. The van der Waals surface area contributed by atoms with Gasteiger partial charge in [-0.15, -0.1) is 0 Å².